The van der Waals surface area contributed by atoms with Crippen LogP contribution in [0.1, 0.15) is 13.3 Å². The van der Waals surface area contributed by atoms with E-state index >= 15 is 0 Å². The van der Waals surface area contributed by atoms with Crippen molar-refractivity contribution in [3.8, 4) is 0 Å². The van der Waals surface area contributed by atoms with Crippen LogP contribution in [0, 0.1) is 0 Å². The second-order valence-corrected chi connectivity index (χ2v) is 3.56. The first-order valence-electron chi connectivity index (χ1n) is 4.55. The van der Waals surface area contributed by atoms with E-state index in [0.717, 1.165) is 6.42 Å². The van der Waals surface area contributed by atoms with Gasteiger partial charge in [-0.25, -0.2) is 4.68 Å². The van der Waals surface area contributed by atoms with Crippen LogP contribution in [0.4, 0.5) is 0 Å². The van der Waals surface area contributed by atoms with Gasteiger partial charge in [-0.05, 0) is 6.42 Å². The van der Waals surface area contributed by atoms with Crippen molar-refractivity contribution < 1.29 is 4.74 Å². The van der Waals surface area contributed by atoms with Crippen molar-refractivity contribution in [1.29, 1.82) is 0 Å². The quantitative estimate of drug-likeness (QED) is 0.763. The lowest BCUT2D eigenvalue weighted by atomic mass is 10.3. The van der Waals surface area contributed by atoms with Crippen LogP contribution in [0.5, 0.6) is 0 Å². The molecule has 0 bridgehead atoms. The fraction of sp³-hybridized carbons (Fsp3) is 0.667. The van der Waals surface area contributed by atoms with Gasteiger partial charge in [0.1, 0.15) is 5.15 Å². The van der Waals surface area contributed by atoms with E-state index in [1.165, 1.54) is 6.07 Å². The minimum atomic E-state index is -0.0898. The zero-order valence-electron chi connectivity index (χ0n) is 8.66. The minimum Gasteiger partial charge on any atom is -0.380 e. The molecular weight excluding hydrogens is 204 g/mol. The summed E-state index contributed by atoms with van der Waals surface area (Å²) in [5.41, 5.74) is -0.0898. The third-order valence-electron chi connectivity index (χ3n) is 2.33. The van der Waals surface area contributed by atoms with E-state index in [4.69, 9.17) is 16.3 Å². The Morgan fingerprint density at radius 1 is 1.64 bits per heavy atom. The van der Waals surface area contributed by atoms with Crippen molar-refractivity contribution in [2.45, 2.75) is 26.0 Å². The molecule has 1 atom stereocenters. The fourth-order valence-corrected chi connectivity index (χ4v) is 1.49. The van der Waals surface area contributed by atoms with Crippen LogP contribution >= 0.6 is 11.6 Å². The zero-order valence-corrected chi connectivity index (χ0v) is 9.41. The first-order chi connectivity index (χ1) is 6.60. The van der Waals surface area contributed by atoms with E-state index in [0.29, 0.717) is 11.7 Å². The van der Waals surface area contributed by atoms with Crippen molar-refractivity contribution in [2.24, 2.45) is 7.05 Å². The molecule has 0 aliphatic rings. The molecule has 0 fully saturated rings. The van der Waals surface area contributed by atoms with Gasteiger partial charge in [-0.15, -0.1) is 0 Å². The Kier molecular flexibility index (Phi) is 3.77. The predicted octanol–water partition coefficient (Wildman–Crippen LogP) is 1.27. The second kappa shape index (κ2) is 4.66. The maximum Gasteiger partial charge on any atom is 0.268 e. The SMILES string of the molecule is CCC(Cn1c(=O)cc(Cl)n1C)OC. The molecule has 0 saturated heterocycles. The smallest absolute Gasteiger partial charge is 0.268 e. The van der Waals surface area contributed by atoms with Crippen molar-refractivity contribution >= 4 is 11.6 Å². The molecule has 0 amide bonds. The minimum absolute atomic E-state index is 0.0531. The van der Waals surface area contributed by atoms with Gasteiger partial charge in [0.2, 0.25) is 0 Å². The number of halogens is 1. The predicted molar refractivity (Wildman–Crippen MR) is 55.8 cm³/mol. The van der Waals surface area contributed by atoms with Gasteiger partial charge in [-0.3, -0.25) is 9.48 Å². The normalized spacial score (nSPS) is 13.1. The van der Waals surface area contributed by atoms with Gasteiger partial charge in [0.05, 0.1) is 12.6 Å². The Balaban J connectivity index is 2.90. The van der Waals surface area contributed by atoms with E-state index in [-0.39, 0.29) is 11.7 Å². The van der Waals surface area contributed by atoms with Gasteiger partial charge < -0.3 is 4.74 Å². The summed E-state index contributed by atoms with van der Waals surface area (Å²) in [5.74, 6) is 0. The molecule has 0 aliphatic heterocycles. The van der Waals surface area contributed by atoms with Gasteiger partial charge in [0, 0.05) is 20.2 Å². The van der Waals surface area contributed by atoms with Crippen LogP contribution in [0.15, 0.2) is 10.9 Å². The van der Waals surface area contributed by atoms with Gasteiger partial charge in [0.25, 0.3) is 5.56 Å². The molecule has 5 heteroatoms. The number of hydrogen-bond donors (Lipinski definition) is 0. The summed E-state index contributed by atoms with van der Waals surface area (Å²) < 4.78 is 8.41. The van der Waals surface area contributed by atoms with Crippen molar-refractivity contribution in [2.75, 3.05) is 7.11 Å². The van der Waals surface area contributed by atoms with E-state index in [1.54, 1.807) is 23.5 Å². The molecule has 1 aromatic heterocycles. The summed E-state index contributed by atoms with van der Waals surface area (Å²) >= 11 is 5.81. The highest BCUT2D eigenvalue weighted by molar-refractivity contribution is 6.29. The summed E-state index contributed by atoms with van der Waals surface area (Å²) in [6, 6.07) is 1.41. The van der Waals surface area contributed by atoms with Crippen molar-refractivity contribution in [3.05, 3.63) is 21.6 Å². The highest BCUT2D eigenvalue weighted by Crippen LogP contribution is 2.05. The standard InChI is InChI=1S/C9H15ClN2O2/c1-4-7(14-3)6-12-9(13)5-8(10)11(12)2/h5,7H,4,6H2,1-3H3. The van der Waals surface area contributed by atoms with E-state index < -0.39 is 0 Å². The van der Waals surface area contributed by atoms with E-state index in [9.17, 15) is 4.79 Å². The van der Waals surface area contributed by atoms with Crippen LogP contribution in [0.25, 0.3) is 0 Å². The molecule has 0 aromatic carbocycles. The average Bonchev–Trinajstić information content (AvgIpc) is 2.40. The number of nitrogens with zero attached hydrogens (tertiary/aromatic N) is 2. The Hall–Kier alpha value is -0.740. The van der Waals surface area contributed by atoms with Gasteiger partial charge in [0.15, 0.2) is 0 Å². The number of hydrogen-bond acceptors (Lipinski definition) is 2. The molecule has 0 aliphatic carbocycles. The number of aromatic nitrogens is 2. The molecule has 0 spiro atoms. The molecule has 0 N–H and O–H groups in total. The van der Waals surface area contributed by atoms with E-state index in [2.05, 4.69) is 0 Å². The third-order valence-corrected chi connectivity index (χ3v) is 2.69. The molecule has 1 aromatic rings. The number of rotatable bonds is 4. The van der Waals surface area contributed by atoms with Crippen LogP contribution in [0.3, 0.4) is 0 Å². The van der Waals surface area contributed by atoms with Crippen molar-refractivity contribution in [3.63, 3.8) is 0 Å². The summed E-state index contributed by atoms with van der Waals surface area (Å²) in [7, 11) is 3.40. The number of ether oxygens (including phenoxy) is 1. The average molecular weight is 219 g/mol. The van der Waals surface area contributed by atoms with Crippen molar-refractivity contribution in [1.82, 2.24) is 9.36 Å². The molecule has 0 radical (unpaired) electrons. The summed E-state index contributed by atoms with van der Waals surface area (Å²) in [5, 5.41) is 0.445. The van der Waals surface area contributed by atoms with E-state index in [1.807, 2.05) is 6.92 Å². The highest BCUT2D eigenvalue weighted by Gasteiger charge is 2.11. The Bertz CT molecular complexity index is 352. The summed E-state index contributed by atoms with van der Waals surface area (Å²) in [4.78, 5) is 11.4. The fourth-order valence-electron chi connectivity index (χ4n) is 1.31. The van der Waals surface area contributed by atoms with Crippen LogP contribution in [-0.2, 0) is 18.3 Å². The van der Waals surface area contributed by atoms with Crippen LogP contribution < -0.4 is 5.56 Å². The first-order valence-corrected chi connectivity index (χ1v) is 4.93. The monoisotopic (exact) mass is 218 g/mol. The Labute approximate surface area is 88.0 Å². The van der Waals surface area contributed by atoms with Crippen LogP contribution in [-0.4, -0.2) is 22.6 Å². The number of methoxy groups -OCH3 is 1. The lowest BCUT2D eigenvalue weighted by Crippen LogP contribution is -2.28. The van der Waals surface area contributed by atoms with Crippen LogP contribution in [0.2, 0.25) is 5.15 Å². The molecule has 4 nitrogen and oxygen atoms in total. The first kappa shape index (κ1) is 11.3. The molecule has 0 saturated carbocycles. The molecule has 1 unspecified atom stereocenters. The van der Waals surface area contributed by atoms with Gasteiger partial charge >= 0.3 is 0 Å². The molecule has 1 rings (SSSR count). The summed E-state index contributed by atoms with van der Waals surface area (Å²) in [6.45, 7) is 2.55. The molecule has 1 heterocycles. The summed E-state index contributed by atoms with van der Waals surface area (Å²) in [6.07, 6.45) is 0.920. The maximum absolute atomic E-state index is 11.4. The molecule has 80 valence electrons. The lowest BCUT2D eigenvalue weighted by molar-refractivity contribution is 0.0776. The second-order valence-electron chi connectivity index (χ2n) is 3.18. The highest BCUT2D eigenvalue weighted by atomic mass is 35.5. The maximum atomic E-state index is 11.4. The van der Waals surface area contributed by atoms with Gasteiger partial charge in [-0.2, -0.15) is 0 Å². The topological polar surface area (TPSA) is 36.2 Å². The third kappa shape index (κ3) is 2.19. The molecular formula is C9H15ClN2O2. The Morgan fingerprint density at radius 3 is 2.64 bits per heavy atom. The lowest BCUT2D eigenvalue weighted by Gasteiger charge is -2.15. The van der Waals surface area contributed by atoms with Gasteiger partial charge in [-0.1, -0.05) is 18.5 Å². The Morgan fingerprint density at radius 2 is 2.29 bits per heavy atom. The largest absolute Gasteiger partial charge is 0.380 e. The molecule has 14 heavy (non-hydrogen) atoms. The zero-order chi connectivity index (χ0) is 10.7.